The molecule has 1 aromatic carbocycles. The molecule has 1 aliphatic carbocycles. The third-order valence-electron chi connectivity index (χ3n) is 4.26. The number of hydrogen-bond acceptors (Lipinski definition) is 0. The summed E-state index contributed by atoms with van der Waals surface area (Å²) in [4.78, 5) is 0. The predicted octanol–water partition coefficient (Wildman–Crippen LogP) is 5.62. The first-order valence-electron chi connectivity index (χ1n) is 7.61. The molecule has 0 saturated heterocycles. The van der Waals surface area contributed by atoms with E-state index in [1.807, 2.05) is 0 Å². The Morgan fingerprint density at radius 2 is 1.56 bits per heavy atom. The normalized spacial score (nSPS) is 25.6. The topological polar surface area (TPSA) is 0 Å². The molecule has 2 rings (SSSR count). The second kappa shape index (κ2) is 4.40. The highest BCUT2D eigenvalue weighted by atomic mass is 14.4. The van der Waals surface area contributed by atoms with Crippen LogP contribution in [0.2, 0.25) is 0 Å². The molecule has 0 radical (unpaired) electrons. The van der Waals surface area contributed by atoms with Gasteiger partial charge in [-0.2, -0.15) is 0 Å². The number of benzene rings is 1. The van der Waals surface area contributed by atoms with E-state index >= 15 is 0 Å². The molecule has 0 nitrogen and oxygen atoms in total. The Kier molecular flexibility index (Phi) is 3.00. The average Bonchev–Trinajstić information content (AvgIpc) is 2.16. The third-order valence-corrected chi connectivity index (χ3v) is 4.26. The van der Waals surface area contributed by atoms with E-state index in [4.69, 9.17) is 1.37 Å². The van der Waals surface area contributed by atoms with Crippen LogP contribution in [0, 0.1) is 24.7 Å². The minimum Gasteiger partial charge on any atom is -0.0599 e. The number of aryl methyl sites for hydroxylation is 2. The summed E-state index contributed by atoms with van der Waals surface area (Å²) in [5, 5.41) is 0. The van der Waals surface area contributed by atoms with Gasteiger partial charge in [-0.05, 0) is 66.5 Å². The van der Waals surface area contributed by atoms with Gasteiger partial charge in [0, 0.05) is 1.37 Å². The largest absolute Gasteiger partial charge is 0.0599 e. The Morgan fingerprint density at radius 3 is 2.06 bits per heavy atom. The minimum absolute atomic E-state index is 0.252. The zero-order chi connectivity index (χ0) is 14.5. The summed E-state index contributed by atoms with van der Waals surface area (Å²) in [6.45, 7) is 13.6. The zero-order valence-electron chi connectivity index (χ0n) is 13.9. The first-order chi connectivity index (χ1) is 8.53. The summed E-state index contributed by atoms with van der Waals surface area (Å²) in [5.74, 6) is -0.427. The molecule has 0 unspecified atom stereocenters. The van der Waals surface area contributed by atoms with Gasteiger partial charge >= 0.3 is 0 Å². The molecule has 0 heterocycles. The molecule has 18 heavy (non-hydrogen) atoms. The lowest BCUT2D eigenvalue weighted by atomic mass is 9.60. The van der Waals surface area contributed by atoms with Crippen LogP contribution in [0.4, 0.5) is 0 Å². The van der Waals surface area contributed by atoms with Gasteiger partial charge in [-0.3, -0.25) is 0 Å². The lowest BCUT2D eigenvalue weighted by molar-refractivity contribution is 0.0969. The van der Waals surface area contributed by atoms with Crippen molar-refractivity contribution in [2.24, 2.45) is 10.8 Å². The van der Waals surface area contributed by atoms with Crippen LogP contribution in [0.1, 0.15) is 70.9 Å². The van der Waals surface area contributed by atoms with E-state index in [0.717, 1.165) is 12.8 Å². The van der Waals surface area contributed by atoms with Crippen LogP contribution in [-0.2, 0) is 0 Å². The molecule has 100 valence electrons. The minimum atomic E-state index is -0.427. The van der Waals surface area contributed by atoms with Crippen LogP contribution in [0.25, 0.3) is 0 Å². The van der Waals surface area contributed by atoms with Crippen molar-refractivity contribution >= 4 is 0 Å². The van der Waals surface area contributed by atoms with E-state index in [1.54, 1.807) is 0 Å². The lowest BCUT2D eigenvalue weighted by Gasteiger charge is -2.45. The highest BCUT2D eigenvalue weighted by Crippen LogP contribution is 2.51. The Balaban J connectivity index is 2.43. The van der Waals surface area contributed by atoms with Gasteiger partial charge in [0.15, 0.2) is 0 Å². The summed E-state index contributed by atoms with van der Waals surface area (Å²) in [7, 11) is 0. The Hall–Kier alpha value is -0.780. The number of rotatable bonds is 1. The maximum atomic E-state index is 9.04. The molecule has 1 aromatic rings. The molecule has 0 bridgehead atoms. The molecule has 0 heteroatoms. The van der Waals surface area contributed by atoms with Gasteiger partial charge in [0.25, 0.3) is 0 Å². The zero-order valence-corrected chi connectivity index (χ0v) is 12.9. The fourth-order valence-electron chi connectivity index (χ4n) is 3.80. The Morgan fingerprint density at radius 1 is 1.00 bits per heavy atom. The molecule has 0 spiro atoms. The first-order valence-corrected chi connectivity index (χ1v) is 7.11. The van der Waals surface area contributed by atoms with E-state index in [2.05, 4.69) is 59.7 Å². The molecule has 1 fully saturated rings. The second-order valence-corrected chi connectivity index (χ2v) is 7.76. The van der Waals surface area contributed by atoms with Crippen LogP contribution in [0.3, 0.4) is 0 Å². The van der Waals surface area contributed by atoms with Crippen molar-refractivity contribution < 1.29 is 1.37 Å². The van der Waals surface area contributed by atoms with Crippen LogP contribution in [0.5, 0.6) is 0 Å². The Bertz CT molecular complexity index is 466. The highest BCUT2D eigenvalue weighted by molar-refractivity contribution is 5.32. The van der Waals surface area contributed by atoms with Crippen LogP contribution in [-0.4, -0.2) is 0 Å². The smallest absolute Gasteiger partial charge is 0.0353 e. The van der Waals surface area contributed by atoms with E-state index in [1.165, 1.54) is 23.1 Å². The fourth-order valence-corrected chi connectivity index (χ4v) is 3.80. The van der Waals surface area contributed by atoms with Crippen LogP contribution < -0.4 is 0 Å². The van der Waals surface area contributed by atoms with E-state index < -0.39 is 5.89 Å². The van der Waals surface area contributed by atoms with E-state index in [0.29, 0.717) is 0 Å². The molecule has 0 aromatic heterocycles. The van der Waals surface area contributed by atoms with Crippen molar-refractivity contribution in [3.8, 4) is 0 Å². The molecule has 0 N–H and O–H groups in total. The predicted molar refractivity (Wildman–Crippen MR) is 80.1 cm³/mol. The molecule has 0 aliphatic heterocycles. The average molecular weight is 245 g/mol. The Labute approximate surface area is 114 Å². The second-order valence-electron chi connectivity index (χ2n) is 7.76. The summed E-state index contributed by atoms with van der Waals surface area (Å²) in [5.41, 5.74) is 4.34. The van der Waals surface area contributed by atoms with Gasteiger partial charge in [-0.15, -0.1) is 0 Å². The van der Waals surface area contributed by atoms with Crippen molar-refractivity contribution in [3.05, 3.63) is 34.9 Å². The van der Waals surface area contributed by atoms with Crippen LogP contribution in [0.15, 0.2) is 18.2 Å². The lowest BCUT2D eigenvalue weighted by Crippen LogP contribution is -2.32. The van der Waals surface area contributed by atoms with Gasteiger partial charge in [0.05, 0.1) is 0 Å². The maximum absolute atomic E-state index is 9.04. The first kappa shape index (κ1) is 12.3. The van der Waals surface area contributed by atoms with Crippen molar-refractivity contribution in [1.29, 1.82) is 0 Å². The third kappa shape index (κ3) is 2.96. The molecule has 1 saturated carbocycles. The van der Waals surface area contributed by atoms with Crippen molar-refractivity contribution in [2.75, 3.05) is 0 Å². The van der Waals surface area contributed by atoms with E-state index in [-0.39, 0.29) is 10.8 Å². The molecular formula is C18H28. The van der Waals surface area contributed by atoms with E-state index in [9.17, 15) is 0 Å². The fraction of sp³-hybridized carbons (Fsp3) is 0.667. The van der Waals surface area contributed by atoms with Gasteiger partial charge < -0.3 is 0 Å². The summed E-state index contributed by atoms with van der Waals surface area (Å²) >= 11 is 0. The van der Waals surface area contributed by atoms with Gasteiger partial charge in [0.1, 0.15) is 0 Å². The van der Waals surface area contributed by atoms with Crippen molar-refractivity contribution in [3.63, 3.8) is 0 Å². The summed E-state index contributed by atoms with van der Waals surface area (Å²) < 4.78 is 9.04. The quantitative estimate of drug-likeness (QED) is 0.602. The molecule has 0 atom stereocenters. The molecule has 1 aliphatic rings. The van der Waals surface area contributed by atoms with Crippen LogP contribution >= 0.6 is 0 Å². The summed E-state index contributed by atoms with van der Waals surface area (Å²) in [6.07, 6.45) is 3.14. The standard InChI is InChI=1S/C18H28/c1-13-7-8-15(9-14(13)2)16-10-17(3,4)12-18(5,6)11-16/h7-9,16H,10-12H2,1-6H3/i16D. The maximum Gasteiger partial charge on any atom is 0.0353 e. The number of hydrogen-bond donors (Lipinski definition) is 0. The molecule has 0 amide bonds. The SMILES string of the molecule is [2H]C1(c2ccc(C)c(C)c2)CC(C)(C)CC(C)(C)C1. The summed E-state index contributed by atoms with van der Waals surface area (Å²) in [6, 6.07) is 6.59. The highest BCUT2D eigenvalue weighted by Gasteiger charge is 2.38. The van der Waals surface area contributed by atoms with Crippen molar-refractivity contribution in [2.45, 2.75) is 66.7 Å². The van der Waals surface area contributed by atoms with Gasteiger partial charge in [-0.1, -0.05) is 45.9 Å². The van der Waals surface area contributed by atoms with Gasteiger partial charge in [-0.25, -0.2) is 0 Å². The molecular weight excluding hydrogens is 216 g/mol. The van der Waals surface area contributed by atoms with Gasteiger partial charge in [0.2, 0.25) is 0 Å². The monoisotopic (exact) mass is 245 g/mol. The van der Waals surface area contributed by atoms with Crippen molar-refractivity contribution in [1.82, 2.24) is 0 Å².